The van der Waals surface area contributed by atoms with Gasteiger partial charge >= 0.3 is 0 Å². The number of hydrogen-bond donors (Lipinski definition) is 1. The number of nitro benzene ring substituents is 1. The molecule has 0 saturated carbocycles. The third-order valence-corrected chi connectivity index (χ3v) is 4.54. The van der Waals surface area contributed by atoms with Crippen molar-refractivity contribution >= 4 is 17.0 Å². The Morgan fingerprint density at radius 2 is 2.00 bits per heavy atom. The molecule has 2 rings (SSSR count). The van der Waals surface area contributed by atoms with Crippen molar-refractivity contribution in [2.24, 2.45) is 0 Å². The topological polar surface area (TPSA) is 64.4 Å². The van der Waals surface area contributed by atoms with Crippen molar-refractivity contribution in [2.75, 3.05) is 13.7 Å². The Balaban J connectivity index is 1.94. The van der Waals surface area contributed by atoms with E-state index in [-0.39, 0.29) is 10.6 Å². The van der Waals surface area contributed by atoms with Crippen LogP contribution in [0.15, 0.2) is 36.4 Å². The van der Waals surface area contributed by atoms with E-state index in [1.165, 1.54) is 4.88 Å². The predicted molar refractivity (Wildman–Crippen MR) is 89.2 cm³/mol. The van der Waals surface area contributed by atoms with Crippen molar-refractivity contribution in [1.82, 2.24) is 5.32 Å². The number of thiophene rings is 1. The van der Waals surface area contributed by atoms with E-state index in [1.54, 1.807) is 42.7 Å². The van der Waals surface area contributed by atoms with Crippen LogP contribution in [0, 0.1) is 10.1 Å². The Morgan fingerprint density at radius 3 is 2.64 bits per heavy atom. The second kappa shape index (κ2) is 8.03. The molecule has 118 valence electrons. The minimum atomic E-state index is -0.380. The van der Waals surface area contributed by atoms with Gasteiger partial charge in [-0.25, -0.2) is 0 Å². The first-order valence-corrected chi connectivity index (χ1v) is 7.97. The number of benzene rings is 1. The fraction of sp³-hybridized carbons (Fsp3) is 0.375. The van der Waals surface area contributed by atoms with Crippen LogP contribution >= 0.6 is 11.3 Å². The van der Waals surface area contributed by atoms with Crippen LogP contribution in [-0.4, -0.2) is 24.7 Å². The third kappa shape index (κ3) is 4.62. The van der Waals surface area contributed by atoms with E-state index < -0.39 is 0 Å². The van der Waals surface area contributed by atoms with E-state index in [4.69, 9.17) is 4.74 Å². The highest BCUT2D eigenvalue weighted by Gasteiger charge is 2.08. The van der Waals surface area contributed by atoms with Crippen LogP contribution in [0.2, 0.25) is 0 Å². The molecular formula is C16H20N2O3S. The Hall–Kier alpha value is -1.76. The van der Waals surface area contributed by atoms with Gasteiger partial charge in [0.15, 0.2) is 0 Å². The molecule has 0 aliphatic heterocycles. The fourth-order valence-electron chi connectivity index (χ4n) is 2.05. The summed E-state index contributed by atoms with van der Waals surface area (Å²) in [6.45, 7) is 3.72. The Labute approximate surface area is 134 Å². The van der Waals surface area contributed by atoms with Crippen molar-refractivity contribution in [3.8, 4) is 10.4 Å². The van der Waals surface area contributed by atoms with Gasteiger partial charge in [0.2, 0.25) is 0 Å². The first-order valence-electron chi connectivity index (χ1n) is 7.16. The van der Waals surface area contributed by atoms with Gasteiger partial charge in [-0.3, -0.25) is 10.1 Å². The molecule has 0 aliphatic carbocycles. The monoisotopic (exact) mass is 320 g/mol. The van der Waals surface area contributed by atoms with Crippen LogP contribution < -0.4 is 5.32 Å². The number of nitro groups is 1. The second-order valence-electron chi connectivity index (χ2n) is 5.13. The smallest absolute Gasteiger partial charge is 0.269 e. The summed E-state index contributed by atoms with van der Waals surface area (Å²) in [5, 5.41) is 14.1. The number of nitrogens with one attached hydrogen (secondary N) is 1. The molecule has 1 N–H and O–H groups in total. The summed E-state index contributed by atoms with van der Waals surface area (Å²) in [6.07, 6.45) is 0.983. The lowest BCUT2D eigenvalue weighted by Crippen LogP contribution is -2.26. The summed E-state index contributed by atoms with van der Waals surface area (Å²) in [6, 6.07) is 11.2. The molecule has 1 unspecified atom stereocenters. The van der Waals surface area contributed by atoms with Crippen LogP contribution in [0.1, 0.15) is 18.2 Å². The van der Waals surface area contributed by atoms with E-state index in [0.717, 1.165) is 30.0 Å². The third-order valence-electron chi connectivity index (χ3n) is 3.40. The molecule has 22 heavy (non-hydrogen) atoms. The molecule has 0 spiro atoms. The van der Waals surface area contributed by atoms with Crippen molar-refractivity contribution in [2.45, 2.75) is 25.9 Å². The molecule has 0 fully saturated rings. The summed E-state index contributed by atoms with van der Waals surface area (Å²) < 4.78 is 5.07. The van der Waals surface area contributed by atoms with Gasteiger partial charge in [0.25, 0.3) is 5.69 Å². The maximum atomic E-state index is 10.7. The van der Waals surface area contributed by atoms with Crippen LogP contribution in [0.3, 0.4) is 0 Å². The van der Waals surface area contributed by atoms with Crippen molar-refractivity contribution < 1.29 is 9.66 Å². The van der Waals surface area contributed by atoms with Gasteiger partial charge in [-0.1, -0.05) is 0 Å². The second-order valence-corrected chi connectivity index (χ2v) is 6.30. The van der Waals surface area contributed by atoms with Gasteiger partial charge in [-0.2, -0.15) is 0 Å². The first-order chi connectivity index (χ1) is 10.6. The van der Waals surface area contributed by atoms with Crippen molar-refractivity contribution in [1.29, 1.82) is 0 Å². The van der Waals surface area contributed by atoms with E-state index >= 15 is 0 Å². The van der Waals surface area contributed by atoms with E-state index in [1.807, 2.05) is 0 Å². The molecule has 1 heterocycles. The lowest BCUT2D eigenvalue weighted by molar-refractivity contribution is -0.384. The largest absolute Gasteiger partial charge is 0.385 e. The predicted octanol–water partition coefficient (Wildman–Crippen LogP) is 3.84. The standard InChI is InChI=1S/C16H20N2O3S/c1-12(9-10-21-2)17-11-15-7-8-16(22-15)13-3-5-14(6-4-13)18(19)20/h3-8,12,17H,9-11H2,1-2H3. The molecule has 0 saturated heterocycles. The van der Waals surface area contributed by atoms with E-state index in [2.05, 4.69) is 24.4 Å². The summed E-state index contributed by atoms with van der Waals surface area (Å²) >= 11 is 1.70. The quantitative estimate of drug-likeness (QED) is 0.593. The highest BCUT2D eigenvalue weighted by molar-refractivity contribution is 7.15. The Morgan fingerprint density at radius 1 is 1.27 bits per heavy atom. The zero-order chi connectivity index (χ0) is 15.9. The summed E-state index contributed by atoms with van der Waals surface area (Å²) in [7, 11) is 1.71. The molecule has 1 aromatic heterocycles. The van der Waals surface area contributed by atoms with E-state index in [9.17, 15) is 10.1 Å². The van der Waals surface area contributed by atoms with Crippen LogP contribution in [0.4, 0.5) is 5.69 Å². The number of non-ortho nitro benzene ring substituents is 1. The number of hydrogen-bond acceptors (Lipinski definition) is 5. The molecule has 2 aromatic rings. The van der Waals surface area contributed by atoms with Crippen LogP contribution in [0.5, 0.6) is 0 Å². The Bertz CT molecular complexity index is 610. The zero-order valence-electron chi connectivity index (χ0n) is 12.7. The normalized spacial score (nSPS) is 12.3. The molecule has 1 atom stereocenters. The van der Waals surface area contributed by atoms with Crippen molar-refractivity contribution in [3.63, 3.8) is 0 Å². The molecule has 6 heteroatoms. The maximum Gasteiger partial charge on any atom is 0.269 e. The number of ether oxygens (including phenoxy) is 1. The first kappa shape index (κ1) is 16.6. The minimum absolute atomic E-state index is 0.120. The highest BCUT2D eigenvalue weighted by atomic mass is 32.1. The zero-order valence-corrected chi connectivity index (χ0v) is 13.6. The molecule has 1 aromatic carbocycles. The average molecular weight is 320 g/mol. The fourth-order valence-corrected chi connectivity index (χ4v) is 3.01. The molecule has 0 amide bonds. The SMILES string of the molecule is COCCC(C)NCc1ccc(-c2ccc([N+](=O)[O-])cc2)s1. The van der Waals surface area contributed by atoms with Gasteiger partial charge in [-0.15, -0.1) is 11.3 Å². The summed E-state index contributed by atoms with van der Waals surface area (Å²) in [5.74, 6) is 0. The van der Waals surface area contributed by atoms with Crippen LogP contribution in [-0.2, 0) is 11.3 Å². The van der Waals surface area contributed by atoms with Gasteiger partial charge in [0.1, 0.15) is 0 Å². The molecule has 5 nitrogen and oxygen atoms in total. The minimum Gasteiger partial charge on any atom is -0.385 e. The van der Waals surface area contributed by atoms with Gasteiger partial charge in [0, 0.05) is 48.2 Å². The lowest BCUT2D eigenvalue weighted by atomic mass is 10.2. The van der Waals surface area contributed by atoms with E-state index in [0.29, 0.717) is 6.04 Å². The molecule has 0 bridgehead atoms. The van der Waals surface area contributed by atoms with Gasteiger partial charge in [0.05, 0.1) is 4.92 Å². The summed E-state index contributed by atoms with van der Waals surface area (Å²) in [4.78, 5) is 12.7. The van der Waals surface area contributed by atoms with Crippen molar-refractivity contribution in [3.05, 3.63) is 51.4 Å². The van der Waals surface area contributed by atoms with Gasteiger partial charge < -0.3 is 10.1 Å². The number of nitrogens with zero attached hydrogens (tertiary/aromatic N) is 1. The number of rotatable bonds is 8. The van der Waals surface area contributed by atoms with Crippen LogP contribution in [0.25, 0.3) is 10.4 Å². The molecule has 0 radical (unpaired) electrons. The lowest BCUT2D eigenvalue weighted by Gasteiger charge is -2.11. The van der Waals surface area contributed by atoms with Gasteiger partial charge in [-0.05, 0) is 43.2 Å². The average Bonchev–Trinajstić information content (AvgIpc) is 3.00. The Kier molecular flexibility index (Phi) is 6.06. The highest BCUT2D eigenvalue weighted by Crippen LogP contribution is 2.29. The summed E-state index contributed by atoms with van der Waals surface area (Å²) in [5.41, 5.74) is 1.13. The number of methoxy groups -OCH3 is 1. The maximum absolute atomic E-state index is 10.7. The molecule has 0 aliphatic rings. The molecular weight excluding hydrogens is 300 g/mol.